The summed E-state index contributed by atoms with van der Waals surface area (Å²) >= 11 is 0. The van der Waals surface area contributed by atoms with Crippen LogP contribution in [-0.2, 0) is 4.74 Å². The van der Waals surface area contributed by atoms with Crippen LogP contribution in [0, 0.1) is 10.1 Å². The predicted molar refractivity (Wildman–Crippen MR) is 91.1 cm³/mol. The number of nitrogens with zero attached hydrogens (tertiary/aromatic N) is 3. The largest absolute Gasteiger partial charge is 0.465 e. The fourth-order valence-electron chi connectivity index (χ4n) is 2.57. The van der Waals surface area contributed by atoms with Crippen molar-refractivity contribution in [1.82, 2.24) is 9.80 Å². The number of carbonyl (C=O) groups excluding carboxylic acids is 2. The van der Waals surface area contributed by atoms with Gasteiger partial charge in [0.1, 0.15) is 0 Å². The van der Waals surface area contributed by atoms with E-state index in [9.17, 15) is 19.7 Å². The number of amides is 1. The molecule has 1 aromatic carbocycles. The highest BCUT2D eigenvalue weighted by atomic mass is 35.5. The van der Waals surface area contributed by atoms with Crippen LogP contribution in [-0.4, -0.2) is 78.1 Å². The van der Waals surface area contributed by atoms with Crippen LogP contribution in [0.3, 0.4) is 0 Å². The van der Waals surface area contributed by atoms with Gasteiger partial charge in [0, 0.05) is 50.4 Å². The van der Waals surface area contributed by atoms with Gasteiger partial charge in [0.25, 0.3) is 11.6 Å². The lowest BCUT2D eigenvalue weighted by molar-refractivity contribution is -0.384. The first-order chi connectivity index (χ1) is 11.5. The van der Waals surface area contributed by atoms with Crippen molar-refractivity contribution in [3.05, 3.63) is 39.4 Å². The molecule has 0 saturated carbocycles. The number of non-ortho nitro benzene ring substituents is 1. The van der Waals surface area contributed by atoms with Crippen LogP contribution in [0.4, 0.5) is 5.69 Å². The van der Waals surface area contributed by atoms with E-state index in [0.717, 1.165) is 12.1 Å². The molecule has 0 aromatic heterocycles. The van der Waals surface area contributed by atoms with Crippen molar-refractivity contribution in [3.63, 3.8) is 0 Å². The van der Waals surface area contributed by atoms with E-state index in [4.69, 9.17) is 5.11 Å². The van der Waals surface area contributed by atoms with Crippen molar-refractivity contribution >= 4 is 30.0 Å². The smallest absolute Gasteiger partial charge is 0.338 e. The number of hydrogen-bond donors (Lipinski definition) is 1. The van der Waals surface area contributed by atoms with Crippen molar-refractivity contribution in [2.45, 2.75) is 0 Å². The summed E-state index contributed by atoms with van der Waals surface area (Å²) in [4.78, 5) is 38.2. The number of esters is 1. The fraction of sp³-hybridized carbons (Fsp3) is 0.467. The molecule has 25 heavy (non-hydrogen) atoms. The summed E-state index contributed by atoms with van der Waals surface area (Å²) in [5, 5.41) is 20.0. The molecule has 1 amide bonds. The number of aliphatic hydroxyl groups is 1. The lowest BCUT2D eigenvalue weighted by Crippen LogP contribution is -2.49. The quantitative estimate of drug-likeness (QED) is 0.455. The number of methoxy groups -OCH3 is 1. The molecule has 1 aromatic rings. The summed E-state index contributed by atoms with van der Waals surface area (Å²) < 4.78 is 4.58. The molecule has 1 aliphatic rings. The Balaban J connectivity index is 0.00000312. The van der Waals surface area contributed by atoms with Gasteiger partial charge in [-0.05, 0) is 6.07 Å². The molecule has 138 valence electrons. The molecule has 9 nitrogen and oxygen atoms in total. The number of rotatable bonds is 5. The molecule has 1 N–H and O–H groups in total. The average Bonchev–Trinajstić information content (AvgIpc) is 2.60. The Morgan fingerprint density at radius 1 is 1.20 bits per heavy atom. The van der Waals surface area contributed by atoms with E-state index >= 15 is 0 Å². The van der Waals surface area contributed by atoms with Crippen LogP contribution in [0.25, 0.3) is 0 Å². The summed E-state index contributed by atoms with van der Waals surface area (Å²) in [5.41, 5.74) is -0.283. The molecule has 0 radical (unpaired) electrons. The van der Waals surface area contributed by atoms with Crippen LogP contribution < -0.4 is 0 Å². The highest BCUT2D eigenvalue weighted by Crippen LogP contribution is 2.20. The molecule has 10 heteroatoms. The Morgan fingerprint density at radius 3 is 2.32 bits per heavy atom. The summed E-state index contributed by atoms with van der Waals surface area (Å²) in [6.45, 7) is 2.74. The van der Waals surface area contributed by atoms with Crippen LogP contribution in [0.2, 0.25) is 0 Å². The second-order valence-electron chi connectivity index (χ2n) is 5.37. The summed E-state index contributed by atoms with van der Waals surface area (Å²) in [6, 6.07) is 3.55. The third-order valence-corrected chi connectivity index (χ3v) is 3.87. The number of β-amino-alcohol motifs (C(OH)–C–C–N with tert-alkyl or cyclic N) is 1. The van der Waals surface area contributed by atoms with Gasteiger partial charge in [-0.15, -0.1) is 12.4 Å². The number of carbonyl (C=O) groups is 2. The van der Waals surface area contributed by atoms with Crippen molar-refractivity contribution in [2.75, 3.05) is 46.4 Å². The van der Waals surface area contributed by atoms with E-state index in [1.807, 2.05) is 4.90 Å². The second kappa shape index (κ2) is 9.30. The van der Waals surface area contributed by atoms with Gasteiger partial charge in [-0.1, -0.05) is 0 Å². The Hall–Kier alpha value is -2.23. The molecular weight excluding hydrogens is 354 g/mol. The Kier molecular flexibility index (Phi) is 7.75. The number of hydrogen-bond acceptors (Lipinski definition) is 7. The maximum Gasteiger partial charge on any atom is 0.338 e. The van der Waals surface area contributed by atoms with E-state index in [-0.39, 0.29) is 41.7 Å². The molecule has 1 saturated heterocycles. The standard InChI is InChI=1S/C15H19N3O6.ClH/c1-24-15(21)12-8-11(9-13(10-12)18(22)23)14(20)17-4-2-16(3-5-17)6-7-19;/h8-10,19H,2-7H2,1H3;1H. The molecule has 1 fully saturated rings. The van der Waals surface area contributed by atoms with Crippen LogP contribution >= 0.6 is 12.4 Å². The van der Waals surface area contributed by atoms with Gasteiger partial charge >= 0.3 is 5.97 Å². The van der Waals surface area contributed by atoms with E-state index in [1.165, 1.54) is 13.2 Å². The highest BCUT2D eigenvalue weighted by Gasteiger charge is 2.25. The summed E-state index contributed by atoms with van der Waals surface area (Å²) in [7, 11) is 1.17. The number of nitro benzene ring substituents is 1. The van der Waals surface area contributed by atoms with Crippen molar-refractivity contribution in [2.24, 2.45) is 0 Å². The molecule has 0 spiro atoms. The highest BCUT2D eigenvalue weighted by molar-refractivity contribution is 5.99. The number of nitro groups is 1. The zero-order valence-electron chi connectivity index (χ0n) is 13.7. The first-order valence-corrected chi connectivity index (χ1v) is 7.46. The van der Waals surface area contributed by atoms with Gasteiger partial charge in [0.05, 0.1) is 24.2 Å². The molecule has 2 rings (SSSR count). The SMILES string of the molecule is COC(=O)c1cc(C(=O)N2CCN(CCO)CC2)cc([N+](=O)[O-])c1.Cl. The van der Waals surface area contributed by atoms with E-state index in [1.54, 1.807) is 4.90 Å². The molecule has 0 aliphatic carbocycles. The van der Waals surface area contributed by atoms with E-state index in [2.05, 4.69) is 4.74 Å². The monoisotopic (exact) mass is 373 g/mol. The molecular formula is C15H20ClN3O6. The zero-order chi connectivity index (χ0) is 17.7. The fourth-order valence-corrected chi connectivity index (χ4v) is 2.57. The van der Waals surface area contributed by atoms with Crippen LogP contribution in [0.1, 0.15) is 20.7 Å². The number of piperazine rings is 1. The third-order valence-electron chi connectivity index (χ3n) is 3.87. The Labute approximate surface area is 150 Å². The Morgan fingerprint density at radius 2 is 1.80 bits per heavy atom. The maximum atomic E-state index is 12.6. The normalized spacial score (nSPS) is 14.6. The second-order valence-corrected chi connectivity index (χ2v) is 5.37. The summed E-state index contributed by atoms with van der Waals surface area (Å²) in [5.74, 6) is -1.10. The molecule has 1 aliphatic heterocycles. The minimum Gasteiger partial charge on any atom is -0.465 e. The van der Waals surface area contributed by atoms with Gasteiger partial charge in [-0.3, -0.25) is 19.8 Å². The van der Waals surface area contributed by atoms with Crippen molar-refractivity contribution in [3.8, 4) is 0 Å². The van der Waals surface area contributed by atoms with Crippen LogP contribution in [0.15, 0.2) is 18.2 Å². The topological polar surface area (TPSA) is 113 Å². The van der Waals surface area contributed by atoms with Gasteiger partial charge in [0.2, 0.25) is 0 Å². The maximum absolute atomic E-state index is 12.6. The molecule has 0 bridgehead atoms. The summed E-state index contributed by atoms with van der Waals surface area (Å²) in [6.07, 6.45) is 0. The molecule has 1 heterocycles. The molecule has 0 atom stereocenters. The number of benzene rings is 1. The lowest BCUT2D eigenvalue weighted by Gasteiger charge is -2.34. The average molecular weight is 374 g/mol. The minimum absolute atomic E-state index is 0. The lowest BCUT2D eigenvalue weighted by atomic mass is 10.1. The number of aliphatic hydroxyl groups excluding tert-OH is 1. The Bertz CT molecular complexity index is 646. The van der Waals surface area contributed by atoms with Crippen molar-refractivity contribution < 1.29 is 24.4 Å². The van der Waals surface area contributed by atoms with Gasteiger partial charge in [-0.2, -0.15) is 0 Å². The van der Waals surface area contributed by atoms with E-state index in [0.29, 0.717) is 32.7 Å². The van der Waals surface area contributed by atoms with Gasteiger partial charge in [0.15, 0.2) is 0 Å². The third kappa shape index (κ3) is 5.12. The van der Waals surface area contributed by atoms with Crippen LogP contribution in [0.5, 0.6) is 0 Å². The number of halogens is 1. The van der Waals surface area contributed by atoms with Gasteiger partial charge < -0.3 is 14.7 Å². The predicted octanol–water partition coefficient (Wildman–Crippen LogP) is 0.553. The first kappa shape index (κ1) is 20.8. The van der Waals surface area contributed by atoms with Crippen molar-refractivity contribution in [1.29, 1.82) is 0 Å². The first-order valence-electron chi connectivity index (χ1n) is 7.46. The number of ether oxygens (including phenoxy) is 1. The minimum atomic E-state index is -0.736. The molecule has 0 unspecified atom stereocenters. The zero-order valence-corrected chi connectivity index (χ0v) is 14.5. The van der Waals surface area contributed by atoms with E-state index < -0.39 is 10.9 Å². The van der Waals surface area contributed by atoms with Gasteiger partial charge in [-0.25, -0.2) is 4.79 Å².